The number of halogens is 2. The molecule has 2 unspecified atom stereocenters. The number of ether oxygens (including phenoxy) is 4. The van der Waals surface area contributed by atoms with Crippen LogP contribution in [0.3, 0.4) is 0 Å². The number of Topliss-reactive ketones (excluding diaryl/α,β-unsaturated/α-hetero) is 1. The largest absolute Gasteiger partial charge is 0.479 e. The Morgan fingerprint density at radius 1 is 0.697 bits per heavy atom. The van der Waals surface area contributed by atoms with E-state index in [9.17, 15) is 33.7 Å². The lowest BCUT2D eigenvalue weighted by atomic mass is 10.00. The van der Waals surface area contributed by atoms with Gasteiger partial charge in [0.2, 0.25) is 5.78 Å². The average Bonchev–Trinajstić information content (AvgIpc) is 3.32. The van der Waals surface area contributed by atoms with Crippen LogP contribution >= 0.6 is 23.2 Å². The summed E-state index contributed by atoms with van der Waals surface area (Å²) in [5, 5.41) is 0.810. The predicted molar refractivity (Wildman–Crippen MR) is 244 cm³/mol. The van der Waals surface area contributed by atoms with Gasteiger partial charge in [0.15, 0.2) is 12.2 Å². The number of aryl methyl sites for hydroxylation is 1. The quantitative estimate of drug-likeness (QED) is 0.0188. The molecule has 0 aliphatic heterocycles. The Kier molecular flexibility index (Phi) is 16.8. The maximum Gasteiger partial charge on any atom is 0.417 e. The predicted octanol–water partition coefficient (Wildman–Crippen LogP) is 10.5. The van der Waals surface area contributed by atoms with Gasteiger partial charge in [0.05, 0.1) is 16.9 Å². The minimum absolute atomic E-state index is 0.0624. The third-order valence-corrected chi connectivity index (χ3v) is 10.2. The van der Waals surface area contributed by atoms with Gasteiger partial charge in [-0.2, -0.15) is 0 Å². The van der Waals surface area contributed by atoms with Crippen molar-refractivity contribution in [2.45, 2.75) is 44.8 Å². The smallest absolute Gasteiger partial charge is 0.417 e. The zero-order valence-electron chi connectivity index (χ0n) is 35.2. The highest BCUT2D eigenvalue weighted by Crippen LogP contribution is 2.26. The topological polar surface area (TPSA) is 169 Å². The van der Waals surface area contributed by atoms with Crippen molar-refractivity contribution in [3.8, 4) is 22.6 Å². The highest BCUT2D eigenvalue weighted by molar-refractivity contribution is 6.32. The lowest BCUT2D eigenvalue weighted by molar-refractivity contribution is -0.713. The van der Waals surface area contributed by atoms with Crippen molar-refractivity contribution in [2.24, 2.45) is 0 Å². The van der Waals surface area contributed by atoms with Crippen molar-refractivity contribution < 1.29 is 57.5 Å². The molecule has 6 aromatic carbocycles. The summed E-state index contributed by atoms with van der Waals surface area (Å²) >= 11 is 12.1. The summed E-state index contributed by atoms with van der Waals surface area (Å²) in [6, 6.07) is 40.6. The van der Waals surface area contributed by atoms with Crippen LogP contribution in [0.4, 0.5) is 5.69 Å². The van der Waals surface area contributed by atoms with Crippen LogP contribution in [0, 0.1) is 4.91 Å². The van der Waals surface area contributed by atoms with Crippen molar-refractivity contribution in [3.63, 3.8) is 0 Å². The molecule has 0 saturated heterocycles. The van der Waals surface area contributed by atoms with E-state index in [1.54, 1.807) is 60.7 Å². The van der Waals surface area contributed by atoms with Crippen LogP contribution in [0.5, 0.6) is 11.5 Å². The molecule has 66 heavy (non-hydrogen) atoms. The number of hydrogen-bond acceptors (Lipinski definition) is 12. The minimum atomic E-state index is -1.69. The summed E-state index contributed by atoms with van der Waals surface area (Å²) < 4.78 is 21.5. The van der Waals surface area contributed by atoms with E-state index in [1.807, 2.05) is 30.3 Å². The fourth-order valence-electron chi connectivity index (χ4n) is 6.28. The van der Waals surface area contributed by atoms with Gasteiger partial charge < -0.3 is 18.9 Å². The van der Waals surface area contributed by atoms with E-state index in [1.165, 1.54) is 79.7 Å². The second kappa shape index (κ2) is 23.3. The van der Waals surface area contributed by atoms with E-state index in [0.29, 0.717) is 27.6 Å². The number of esters is 4. The molecule has 0 fully saturated rings. The fraction of sp³-hybridized carbons (Fsp3) is 0.137. The van der Waals surface area contributed by atoms with Gasteiger partial charge in [-0.1, -0.05) is 102 Å². The molecule has 0 aliphatic carbocycles. The molecule has 334 valence electrons. The van der Waals surface area contributed by atoms with Crippen molar-refractivity contribution in [2.75, 3.05) is 0 Å². The molecule has 2 atom stereocenters. The number of hydrogen-bond donors (Lipinski definition) is 0. The van der Waals surface area contributed by atoms with Gasteiger partial charge in [0.25, 0.3) is 4.92 Å². The molecule has 0 heterocycles. The summed E-state index contributed by atoms with van der Waals surface area (Å²) in [4.78, 5) is 95.6. The summed E-state index contributed by atoms with van der Waals surface area (Å²) in [7, 11) is 0. The van der Waals surface area contributed by atoms with Crippen molar-refractivity contribution in [3.05, 3.63) is 195 Å². The third-order valence-electron chi connectivity index (χ3n) is 9.64. The molecule has 0 N–H and O–H groups in total. The Labute approximate surface area is 389 Å². The molecule has 0 bridgehead atoms. The molecule has 0 radical (unpaired) electrons. The Balaban J connectivity index is 0.976. The number of carbonyl (C=O) groups is 6. The normalized spacial score (nSPS) is 11.7. The SMILES string of the molecule is CC(Oc1ccc(OC(=O)/C=C/c2ccccc2Cl)cc1)C(=O)OC(CC(=O)OC(=O)CCCc1ccc([N+](=O)OC(=O)c2ccccc2-c2ccccc2)cc1)C(=O)c1ccc(Cl)cc1. The van der Waals surface area contributed by atoms with E-state index in [4.69, 9.17) is 47.0 Å². The Bertz CT molecular complexity index is 2740. The van der Waals surface area contributed by atoms with Crippen LogP contribution in [0.1, 0.15) is 58.0 Å². The van der Waals surface area contributed by atoms with E-state index in [-0.39, 0.29) is 46.1 Å². The van der Waals surface area contributed by atoms with Crippen LogP contribution in [0.2, 0.25) is 10.0 Å². The minimum Gasteiger partial charge on any atom is -0.479 e. The second-order valence-electron chi connectivity index (χ2n) is 14.4. The van der Waals surface area contributed by atoms with Gasteiger partial charge in [0, 0.05) is 40.2 Å². The van der Waals surface area contributed by atoms with Crippen LogP contribution in [0.25, 0.3) is 17.2 Å². The lowest BCUT2D eigenvalue weighted by Gasteiger charge is -2.20. The van der Waals surface area contributed by atoms with Crippen LogP contribution in [-0.4, -0.2) is 52.8 Å². The van der Waals surface area contributed by atoms with E-state index in [2.05, 4.69) is 0 Å². The molecule has 0 amide bonds. The number of nitrogens with zero attached hydrogens (tertiary/aromatic N) is 1. The van der Waals surface area contributed by atoms with Crippen molar-refractivity contribution in [1.29, 1.82) is 0 Å². The maximum atomic E-state index is 13.5. The van der Waals surface area contributed by atoms with Gasteiger partial charge in [-0.05, 0) is 109 Å². The van der Waals surface area contributed by atoms with E-state index in [0.717, 1.165) is 11.1 Å². The first kappa shape index (κ1) is 47.7. The van der Waals surface area contributed by atoms with Crippen molar-refractivity contribution in [1.82, 2.24) is 0 Å². The molecule has 15 heteroatoms. The first-order valence-electron chi connectivity index (χ1n) is 20.4. The standard InChI is InChI=1S/C51H40Cl2NO12/c1-33(62-40-27-29-41(30-28-40)63-47(56)31-22-36-13-5-8-16-44(36)53)50(59)64-45(49(58)37-20-23-38(52)24-21-37)32-48(57)65-46(55)17-9-10-34-18-25-39(26-19-34)54(61)66-51(60)43-15-7-6-14-42(43)35-11-3-2-4-12-35/h2-8,11-16,18-31,33,45H,9-10,17,32H2,1H3/q+1/b31-22+. The van der Waals surface area contributed by atoms with Crippen LogP contribution in [-0.2, 0) is 39.9 Å². The molecule has 0 saturated carbocycles. The van der Waals surface area contributed by atoms with Crippen LogP contribution in [0.15, 0.2) is 158 Å². The molecular formula is C51H40Cl2NO12+. The highest BCUT2D eigenvalue weighted by Gasteiger charge is 2.31. The average molecular weight is 930 g/mol. The Morgan fingerprint density at radius 2 is 1.35 bits per heavy atom. The molecular weight excluding hydrogens is 889 g/mol. The Morgan fingerprint density at radius 3 is 2.06 bits per heavy atom. The molecule has 13 nitrogen and oxygen atoms in total. The van der Waals surface area contributed by atoms with E-state index < -0.39 is 54.3 Å². The second-order valence-corrected chi connectivity index (χ2v) is 15.3. The van der Waals surface area contributed by atoms with Gasteiger partial charge in [-0.25, -0.2) is 14.4 Å². The zero-order valence-corrected chi connectivity index (χ0v) is 36.7. The first-order chi connectivity index (χ1) is 31.8. The molecule has 6 aromatic rings. The van der Waals surface area contributed by atoms with Gasteiger partial charge >= 0.3 is 35.5 Å². The van der Waals surface area contributed by atoms with Gasteiger partial charge in [-0.15, -0.1) is 4.84 Å². The number of benzene rings is 6. The zero-order chi connectivity index (χ0) is 47.0. The highest BCUT2D eigenvalue weighted by atomic mass is 35.5. The van der Waals surface area contributed by atoms with E-state index >= 15 is 0 Å². The lowest BCUT2D eigenvalue weighted by Crippen LogP contribution is -2.36. The third kappa shape index (κ3) is 13.9. The summed E-state index contributed by atoms with van der Waals surface area (Å²) in [6.07, 6.45) is -0.591. The Hall–Kier alpha value is -7.74. The summed E-state index contributed by atoms with van der Waals surface area (Å²) in [6.45, 7) is 1.37. The molecule has 6 rings (SSSR count). The fourth-order valence-corrected chi connectivity index (χ4v) is 6.61. The van der Waals surface area contributed by atoms with Crippen LogP contribution < -0.4 is 9.47 Å². The number of ketones is 1. The summed E-state index contributed by atoms with van der Waals surface area (Å²) in [5.41, 5.74) is 3.14. The summed E-state index contributed by atoms with van der Waals surface area (Å²) in [5.74, 6) is -4.83. The molecule has 0 spiro atoms. The molecule has 0 aromatic heterocycles. The monoisotopic (exact) mass is 928 g/mol. The van der Waals surface area contributed by atoms with Gasteiger partial charge in [-0.3, -0.25) is 14.4 Å². The number of carbonyl (C=O) groups excluding carboxylic acids is 6. The van der Waals surface area contributed by atoms with Crippen molar-refractivity contribution >= 4 is 70.6 Å². The first-order valence-corrected chi connectivity index (χ1v) is 21.2. The van der Waals surface area contributed by atoms with Gasteiger partial charge in [0.1, 0.15) is 11.5 Å². The number of rotatable bonds is 19. The molecule has 0 aliphatic rings. The maximum absolute atomic E-state index is 13.5.